The van der Waals surface area contributed by atoms with Gasteiger partial charge in [0.15, 0.2) is 0 Å². The van der Waals surface area contributed by atoms with Gasteiger partial charge in [0.25, 0.3) is 0 Å². The third kappa shape index (κ3) is 4.19. The van der Waals surface area contributed by atoms with E-state index in [4.69, 9.17) is 4.74 Å². The van der Waals surface area contributed by atoms with Gasteiger partial charge in [-0.1, -0.05) is 19.4 Å². The van der Waals surface area contributed by atoms with Gasteiger partial charge in [-0.2, -0.15) is 0 Å². The van der Waals surface area contributed by atoms with Gasteiger partial charge in [-0.05, 0) is 80.5 Å². The van der Waals surface area contributed by atoms with Crippen LogP contribution in [0.15, 0.2) is 30.3 Å². The molecule has 1 fully saturated rings. The van der Waals surface area contributed by atoms with Crippen molar-refractivity contribution in [2.75, 3.05) is 19.7 Å². The van der Waals surface area contributed by atoms with Gasteiger partial charge in [0.2, 0.25) is 0 Å². The summed E-state index contributed by atoms with van der Waals surface area (Å²) < 4.78 is 6.15. The number of carbonyl (C=O) groups excluding carboxylic acids is 1. The Labute approximate surface area is 195 Å². The maximum Gasteiger partial charge on any atom is 0.320 e. The number of benzene rings is 2. The zero-order valence-electron chi connectivity index (χ0n) is 20.1. The predicted molar refractivity (Wildman–Crippen MR) is 131 cm³/mol. The van der Waals surface area contributed by atoms with Crippen LogP contribution in [0.25, 0.3) is 22.2 Å². The summed E-state index contributed by atoms with van der Waals surface area (Å²) in [6, 6.07) is 11.1. The first-order valence-corrected chi connectivity index (χ1v) is 12.2. The van der Waals surface area contributed by atoms with Crippen LogP contribution in [0.4, 0.5) is 4.79 Å². The molecule has 1 N–H and O–H groups in total. The van der Waals surface area contributed by atoms with Gasteiger partial charge in [-0.3, -0.25) is 0 Å². The fourth-order valence-electron chi connectivity index (χ4n) is 5.32. The fraction of sp³-hybridized carbons (Fsp3) is 0.481. The molecule has 0 aliphatic carbocycles. The lowest BCUT2D eigenvalue weighted by Gasteiger charge is -2.40. The van der Waals surface area contributed by atoms with Crippen LogP contribution < -0.4 is 4.74 Å². The minimum atomic E-state index is 0.148. The lowest BCUT2D eigenvalue weighted by molar-refractivity contribution is 0.0960. The van der Waals surface area contributed by atoms with Gasteiger partial charge in [-0.25, -0.2) is 9.78 Å². The molecule has 0 bridgehead atoms. The second kappa shape index (κ2) is 8.73. The summed E-state index contributed by atoms with van der Waals surface area (Å²) in [5, 5.41) is 0. The number of H-pyrrole nitrogens is 1. The van der Waals surface area contributed by atoms with E-state index in [1.54, 1.807) is 0 Å². The van der Waals surface area contributed by atoms with Crippen molar-refractivity contribution in [3.05, 3.63) is 47.3 Å². The predicted octanol–water partition coefficient (Wildman–Crippen LogP) is 5.67. The number of likely N-dealkylation sites (tertiary alicyclic amines) is 1. The Balaban J connectivity index is 1.44. The molecular weight excluding hydrogens is 412 g/mol. The van der Waals surface area contributed by atoms with Gasteiger partial charge < -0.3 is 19.5 Å². The van der Waals surface area contributed by atoms with E-state index in [1.165, 1.54) is 6.42 Å². The normalized spacial score (nSPS) is 21.0. The third-order valence-electron chi connectivity index (χ3n) is 7.33. The van der Waals surface area contributed by atoms with Crippen LogP contribution in [-0.2, 0) is 6.54 Å². The summed E-state index contributed by atoms with van der Waals surface area (Å²) in [5.74, 6) is 2.45. The number of amides is 2. The van der Waals surface area contributed by atoms with Crippen molar-refractivity contribution in [1.82, 2.24) is 19.8 Å². The number of carbonyl (C=O) groups is 1. The zero-order valence-corrected chi connectivity index (χ0v) is 20.1. The Hall–Kier alpha value is -3.02. The Kier molecular flexibility index (Phi) is 5.77. The number of urea groups is 1. The number of aromatic nitrogens is 2. The highest BCUT2D eigenvalue weighted by Gasteiger charge is 2.32. The molecule has 2 atom stereocenters. The third-order valence-corrected chi connectivity index (χ3v) is 7.33. The van der Waals surface area contributed by atoms with Crippen LogP contribution in [0, 0.1) is 19.8 Å². The highest BCUT2D eigenvalue weighted by Crippen LogP contribution is 2.34. The lowest BCUT2D eigenvalue weighted by Crippen LogP contribution is -2.51. The molecule has 1 aromatic heterocycles. The van der Waals surface area contributed by atoms with Crippen molar-refractivity contribution in [2.45, 2.75) is 59.5 Å². The molecule has 2 aromatic carbocycles. The number of aromatic amines is 1. The summed E-state index contributed by atoms with van der Waals surface area (Å²) in [6.45, 7) is 11.1. The minimum Gasteiger partial charge on any atom is -0.491 e. The SMILES string of the molecule is CCC1CCC(C)N(C(=O)N2CCOc3c(C)cc(-c4ccc5nc(C)[nH]c5c4)cc3C2)C1. The average molecular weight is 447 g/mol. The van der Waals surface area contributed by atoms with Gasteiger partial charge in [0.1, 0.15) is 18.2 Å². The minimum absolute atomic E-state index is 0.148. The van der Waals surface area contributed by atoms with Crippen LogP contribution in [0.5, 0.6) is 5.75 Å². The number of imidazole rings is 1. The average Bonchev–Trinajstić information content (AvgIpc) is 3.04. The first-order chi connectivity index (χ1) is 15.9. The Morgan fingerprint density at radius 3 is 2.85 bits per heavy atom. The highest BCUT2D eigenvalue weighted by molar-refractivity contribution is 5.82. The number of hydrogen-bond acceptors (Lipinski definition) is 3. The molecule has 33 heavy (non-hydrogen) atoms. The molecule has 6 nitrogen and oxygen atoms in total. The Bertz CT molecular complexity index is 1180. The van der Waals surface area contributed by atoms with E-state index in [2.05, 4.69) is 66.0 Å². The smallest absolute Gasteiger partial charge is 0.320 e. The molecule has 3 heterocycles. The molecule has 3 aromatic rings. The summed E-state index contributed by atoms with van der Waals surface area (Å²) in [6.07, 6.45) is 3.44. The van der Waals surface area contributed by atoms with Gasteiger partial charge in [0.05, 0.1) is 24.1 Å². The largest absolute Gasteiger partial charge is 0.491 e. The monoisotopic (exact) mass is 446 g/mol. The molecule has 2 unspecified atom stereocenters. The number of aryl methyl sites for hydroxylation is 2. The first kappa shape index (κ1) is 21.8. The standard InChI is InChI=1S/C27H34N4O2/c1-5-20-7-6-18(3)31(15-20)27(32)30-10-11-33-26-17(2)12-22(13-23(26)16-30)21-8-9-24-25(14-21)29-19(4)28-24/h8-9,12-14,18,20H,5-7,10-11,15-16H2,1-4H3,(H,28,29). The van der Waals surface area contributed by atoms with E-state index < -0.39 is 0 Å². The first-order valence-electron chi connectivity index (χ1n) is 12.2. The van der Waals surface area contributed by atoms with Crippen molar-refractivity contribution in [1.29, 1.82) is 0 Å². The van der Waals surface area contributed by atoms with Crippen LogP contribution >= 0.6 is 0 Å². The van der Waals surface area contributed by atoms with E-state index in [0.717, 1.165) is 64.2 Å². The molecule has 0 saturated carbocycles. The molecule has 2 amide bonds. The number of piperidine rings is 1. The molecule has 1 saturated heterocycles. The number of fused-ring (bicyclic) bond motifs is 2. The molecule has 0 radical (unpaired) electrons. The molecule has 174 valence electrons. The molecule has 5 rings (SSSR count). The topological polar surface area (TPSA) is 61.5 Å². The van der Waals surface area contributed by atoms with Crippen molar-refractivity contribution >= 4 is 17.1 Å². The highest BCUT2D eigenvalue weighted by atomic mass is 16.5. The van der Waals surface area contributed by atoms with Crippen LogP contribution in [0.1, 0.15) is 50.1 Å². The van der Waals surface area contributed by atoms with Crippen LogP contribution in [0.3, 0.4) is 0 Å². The zero-order chi connectivity index (χ0) is 23.1. The Morgan fingerprint density at radius 1 is 1.18 bits per heavy atom. The van der Waals surface area contributed by atoms with E-state index in [0.29, 0.717) is 31.7 Å². The van der Waals surface area contributed by atoms with Gasteiger partial charge >= 0.3 is 6.03 Å². The Morgan fingerprint density at radius 2 is 2.03 bits per heavy atom. The summed E-state index contributed by atoms with van der Waals surface area (Å²) in [7, 11) is 0. The maximum absolute atomic E-state index is 13.6. The van der Waals surface area contributed by atoms with Gasteiger partial charge in [-0.15, -0.1) is 0 Å². The second-order valence-electron chi connectivity index (χ2n) is 9.74. The van der Waals surface area contributed by atoms with Crippen molar-refractivity contribution in [3.63, 3.8) is 0 Å². The van der Waals surface area contributed by atoms with Crippen molar-refractivity contribution < 1.29 is 9.53 Å². The fourth-order valence-corrected chi connectivity index (χ4v) is 5.32. The quantitative estimate of drug-likeness (QED) is 0.552. The van der Waals surface area contributed by atoms with Gasteiger partial charge in [0, 0.05) is 18.2 Å². The van der Waals surface area contributed by atoms with Crippen LogP contribution in [-0.4, -0.2) is 51.5 Å². The molecule has 2 aliphatic heterocycles. The molecular formula is C27H34N4O2. The van der Waals surface area contributed by atoms with E-state index in [-0.39, 0.29) is 6.03 Å². The second-order valence-corrected chi connectivity index (χ2v) is 9.74. The summed E-state index contributed by atoms with van der Waals surface area (Å²) in [4.78, 5) is 25.5. The number of hydrogen-bond donors (Lipinski definition) is 1. The number of rotatable bonds is 2. The number of nitrogens with zero attached hydrogens (tertiary/aromatic N) is 3. The number of nitrogens with one attached hydrogen (secondary N) is 1. The molecule has 0 spiro atoms. The maximum atomic E-state index is 13.6. The molecule has 2 aliphatic rings. The van der Waals surface area contributed by atoms with Crippen LogP contribution in [0.2, 0.25) is 0 Å². The van der Waals surface area contributed by atoms with E-state index in [1.807, 2.05) is 11.8 Å². The number of ether oxygens (including phenoxy) is 1. The summed E-state index contributed by atoms with van der Waals surface area (Å²) in [5.41, 5.74) is 6.47. The van der Waals surface area contributed by atoms with Crippen molar-refractivity contribution in [3.8, 4) is 16.9 Å². The summed E-state index contributed by atoms with van der Waals surface area (Å²) >= 11 is 0. The lowest BCUT2D eigenvalue weighted by atomic mass is 9.92. The van der Waals surface area contributed by atoms with E-state index in [9.17, 15) is 4.79 Å². The van der Waals surface area contributed by atoms with E-state index >= 15 is 0 Å². The van der Waals surface area contributed by atoms with Crippen molar-refractivity contribution in [2.24, 2.45) is 5.92 Å². The molecule has 6 heteroatoms.